The zero-order valence-electron chi connectivity index (χ0n) is 8.63. The van der Waals surface area contributed by atoms with Crippen molar-refractivity contribution in [2.75, 3.05) is 6.61 Å². The van der Waals surface area contributed by atoms with Crippen molar-refractivity contribution in [2.24, 2.45) is 23.5 Å². The summed E-state index contributed by atoms with van der Waals surface area (Å²) in [6, 6.07) is -0.368. The van der Waals surface area contributed by atoms with E-state index in [9.17, 15) is 13.2 Å². The second kappa shape index (κ2) is 3.63. The van der Waals surface area contributed by atoms with Crippen LogP contribution in [0.4, 0.5) is 13.2 Å². The van der Waals surface area contributed by atoms with Gasteiger partial charge in [0, 0.05) is 18.6 Å². The Hall–Kier alpha value is -0.290. The summed E-state index contributed by atoms with van der Waals surface area (Å²) in [5, 5.41) is 0. The van der Waals surface area contributed by atoms with Gasteiger partial charge in [-0.2, -0.15) is 13.2 Å². The van der Waals surface area contributed by atoms with Crippen molar-refractivity contribution in [2.45, 2.75) is 38.1 Å². The highest BCUT2D eigenvalue weighted by molar-refractivity contribution is 4.96. The van der Waals surface area contributed by atoms with Crippen LogP contribution in [0.3, 0.4) is 0 Å². The van der Waals surface area contributed by atoms with Gasteiger partial charge in [-0.15, -0.1) is 0 Å². The lowest BCUT2D eigenvalue weighted by Gasteiger charge is -2.37. The van der Waals surface area contributed by atoms with E-state index < -0.39 is 12.1 Å². The number of fused-ring (bicyclic) bond motifs is 1. The van der Waals surface area contributed by atoms with Crippen molar-refractivity contribution in [3.05, 3.63) is 0 Å². The number of rotatable bonds is 0. The molecule has 2 N–H and O–H groups in total. The highest BCUT2D eigenvalue weighted by Gasteiger charge is 2.51. The molecule has 0 bridgehead atoms. The Morgan fingerprint density at radius 1 is 1.27 bits per heavy atom. The Kier molecular flexibility index (Phi) is 2.71. The predicted octanol–water partition coefficient (Wildman–Crippen LogP) is 1.94. The second-order valence-corrected chi connectivity index (χ2v) is 4.80. The van der Waals surface area contributed by atoms with E-state index in [0.29, 0.717) is 12.5 Å². The van der Waals surface area contributed by atoms with Crippen molar-refractivity contribution < 1.29 is 17.9 Å². The van der Waals surface area contributed by atoms with Gasteiger partial charge in [0.15, 0.2) is 0 Å². The van der Waals surface area contributed by atoms with Gasteiger partial charge in [-0.05, 0) is 18.8 Å². The van der Waals surface area contributed by atoms with Crippen LogP contribution in [-0.4, -0.2) is 24.9 Å². The third kappa shape index (κ3) is 1.99. The molecule has 2 nitrogen and oxygen atoms in total. The molecule has 1 heterocycles. The van der Waals surface area contributed by atoms with E-state index >= 15 is 0 Å². The normalized spacial score (nSPS) is 46.6. The van der Waals surface area contributed by atoms with Crippen LogP contribution in [0, 0.1) is 17.8 Å². The molecule has 5 heteroatoms. The lowest BCUT2D eigenvalue weighted by molar-refractivity contribution is -0.194. The second-order valence-electron chi connectivity index (χ2n) is 4.80. The van der Waals surface area contributed by atoms with Crippen molar-refractivity contribution >= 4 is 0 Å². The average Bonchev–Trinajstić information content (AvgIpc) is 2.46. The van der Waals surface area contributed by atoms with Crippen molar-refractivity contribution in [3.8, 4) is 0 Å². The summed E-state index contributed by atoms with van der Waals surface area (Å²) in [6.07, 6.45) is -4.27. The minimum Gasteiger partial charge on any atom is -0.378 e. The molecule has 2 rings (SSSR count). The van der Waals surface area contributed by atoms with Gasteiger partial charge in [-0.3, -0.25) is 0 Å². The van der Waals surface area contributed by atoms with E-state index in [1.54, 1.807) is 0 Å². The Balaban J connectivity index is 2.09. The molecule has 0 aromatic heterocycles. The Bertz CT molecular complexity index is 243. The highest BCUT2D eigenvalue weighted by atomic mass is 19.4. The molecule has 5 atom stereocenters. The maximum absolute atomic E-state index is 12.6. The molecule has 0 aromatic carbocycles. The standard InChI is InChI=1S/C10H16F3NO/c1-5-4-15-8-3-6(10(11,12)13)2-7(14)9(5)8/h5-9H,2-4,14H2,1H3/t5-,6+,7-,8-,9-/m1/s1. The summed E-state index contributed by atoms with van der Waals surface area (Å²) < 4.78 is 43.1. The summed E-state index contributed by atoms with van der Waals surface area (Å²) in [6.45, 7) is 2.55. The molecule has 15 heavy (non-hydrogen) atoms. The monoisotopic (exact) mass is 223 g/mol. The van der Waals surface area contributed by atoms with Crippen LogP contribution < -0.4 is 5.73 Å². The van der Waals surface area contributed by atoms with E-state index in [-0.39, 0.29) is 30.9 Å². The van der Waals surface area contributed by atoms with Crippen LogP contribution >= 0.6 is 0 Å². The first kappa shape index (κ1) is 11.2. The van der Waals surface area contributed by atoms with Gasteiger partial charge in [-0.1, -0.05) is 6.92 Å². The summed E-state index contributed by atoms with van der Waals surface area (Å²) in [5.41, 5.74) is 5.82. The molecule has 2 aliphatic rings. The van der Waals surface area contributed by atoms with Crippen molar-refractivity contribution in [3.63, 3.8) is 0 Å². The quantitative estimate of drug-likeness (QED) is 0.681. The minimum absolute atomic E-state index is 0.0539. The first-order valence-electron chi connectivity index (χ1n) is 5.33. The molecule has 0 unspecified atom stereocenters. The van der Waals surface area contributed by atoms with Crippen LogP contribution in [0.5, 0.6) is 0 Å². The fraction of sp³-hybridized carbons (Fsp3) is 1.00. The molecular formula is C10H16F3NO. The van der Waals surface area contributed by atoms with E-state index in [1.807, 2.05) is 6.92 Å². The molecular weight excluding hydrogens is 207 g/mol. The Labute approximate surface area is 87.0 Å². The molecule has 1 saturated carbocycles. The smallest absolute Gasteiger partial charge is 0.378 e. The maximum Gasteiger partial charge on any atom is 0.391 e. The van der Waals surface area contributed by atoms with Crippen molar-refractivity contribution in [1.29, 1.82) is 0 Å². The van der Waals surface area contributed by atoms with Crippen LogP contribution in [0.1, 0.15) is 19.8 Å². The lowest BCUT2D eigenvalue weighted by atomic mass is 9.73. The number of hydrogen-bond acceptors (Lipinski definition) is 2. The topological polar surface area (TPSA) is 35.2 Å². The number of nitrogens with two attached hydrogens (primary N) is 1. The maximum atomic E-state index is 12.6. The molecule has 1 saturated heterocycles. The minimum atomic E-state index is -4.13. The first-order chi connectivity index (χ1) is 6.89. The van der Waals surface area contributed by atoms with Gasteiger partial charge in [-0.25, -0.2) is 0 Å². The number of alkyl halides is 3. The van der Waals surface area contributed by atoms with Gasteiger partial charge >= 0.3 is 6.18 Å². The summed E-state index contributed by atoms with van der Waals surface area (Å²) in [5.74, 6) is -0.873. The molecule has 0 amide bonds. The van der Waals surface area contributed by atoms with Gasteiger partial charge < -0.3 is 10.5 Å². The number of hydrogen-bond donors (Lipinski definition) is 1. The van der Waals surface area contributed by atoms with Gasteiger partial charge in [0.25, 0.3) is 0 Å². The van der Waals surface area contributed by atoms with E-state index in [4.69, 9.17) is 10.5 Å². The van der Waals surface area contributed by atoms with E-state index in [1.165, 1.54) is 0 Å². The fourth-order valence-corrected chi connectivity index (χ4v) is 2.92. The van der Waals surface area contributed by atoms with Crippen LogP contribution in [0.2, 0.25) is 0 Å². The zero-order chi connectivity index (χ0) is 11.2. The van der Waals surface area contributed by atoms with Gasteiger partial charge in [0.05, 0.1) is 12.0 Å². The first-order valence-corrected chi connectivity index (χ1v) is 5.33. The molecule has 88 valence electrons. The largest absolute Gasteiger partial charge is 0.391 e. The highest BCUT2D eigenvalue weighted by Crippen LogP contribution is 2.44. The average molecular weight is 223 g/mol. The van der Waals surface area contributed by atoms with E-state index in [2.05, 4.69) is 0 Å². The van der Waals surface area contributed by atoms with Crippen LogP contribution in [-0.2, 0) is 4.74 Å². The summed E-state index contributed by atoms with van der Waals surface area (Å²) >= 11 is 0. The van der Waals surface area contributed by atoms with Crippen molar-refractivity contribution in [1.82, 2.24) is 0 Å². The molecule has 1 aliphatic carbocycles. The van der Waals surface area contributed by atoms with Crippen LogP contribution in [0.15, 0.2) is 0 Å². The Morgan fingerprint density at radius 2 is 1.93 bits per heavy atom. The molecule has 1 aliphatic heterocycles. The number of ether oxygens (including phenoxy) is 1. The zero-order valence-corrected chi connectivity index (χ0v) is 8.63. The Morgan fingerprint density at radius 3 is 2.53 bits per heavy atom. The summed E-state index contributed by atoms with van der Waals surface area (Å²) in [7, 11) is 0. The fourth-order valence-electron chi connectivity index (χ4n) is 2.92. The van der Waals surface area contributed by atoms with Crippen LogP contribution in [0.25, 0.3) is 0 Å². The molecule has 0 radical (unpaired) electrons. The molecule has 0 aromatic rings. The lowest BCUT2D eigenvalue weighted by Crippen LogP contribution is -2.48. The predicted molar refractivity (Wildman–Crippen MR) is 49.1 cm³/mol. The molecule has 2 fully saturated rings. The summed E-state index contributed by atoms with van der Waals surface area (Å²) in [4.78, 5) is 0. The van der Waals surface area contributed by atoms with E-state index in [0.717, 1.165) is 0 Å². The SMILES string of the molecule is C[C@@H]1CO[C@@H]2C[C@@H](C(F)(F)F)C[C@@H](N)[C@@H]12. The van der Waals surface area contributed by atoms with Gasteiger partial charge in [0.1, 0.15) is 0 Å². The third-order valence-electron chi connectivity index (χ3n) is 3.69. The number of halogens is 3. The third-order valence-corrected chi connectivity index (χ3v) is 3.69. The van der Waals surface area contributed by atoms with Gasteiger partial charge in [0.2, 0.25) is 0 Å². The molecule has 0 spiro atoms.